The first kappa shape index (κ1) is 19.3. The maximum Gasteiger partial charge on any atom is 0.188 e. The molecule has 8 nitrogen and oxygen atoms in total. The zero-order valence-electron chi connectivity index (χ0n) is 17.5. The van der Waals surface area contributed by atoms with Crippen LogP contribution in [0.3, 0.4) is 0 Å². The first-order valence-electron chi connectivity index (χ1n) is 10.4. The van der Waals surface area contributed by atoms with Gasteiger partial charge in [0.05, 0.1) is 5.56 Å². The van der Waals surface area contributed by atoms with E-state index >= 15 is 0 Å². The molecule has 0 unspecified atom stereocenters. The van der Waals surface area contributed by atoms with E-state index in [1.807, 2.05) is 32.0 Å². The lowest BCUT2D eigenvalue weighted by molar-refractivity contribution is 0.521. The summed E-state index contributed by atoms with van der Waals surface area (Å²) in [6.45, 7) is 5.73. The number of nitrogens with one attached hydrogen (secondary N) is 1. The number of benzene rings is 1. The fourth-order valence-electron chi connectivity index (χ4n) is 4.00. The number of aryl methyl sites for hydroxylation is 2. The van der Waals surface area contributed by atoms with Crippen molar-refractivity contribution in [1.29, 1.82) is 0 Å². The number of hydrogen-bond acceptors (Lipinski definition) is 7. The molecular weight excluding hydrogens is 395 g/mol. The van der Waals surface area contributed by atoms with Crippen molar-refractivity contribution in [3.63, 3.8) is 0 Å². The molecule has 0 aliphatic carbocycles. The van der Waals surface area contributed by atoms with Crippen LogP contribution in [0.25, 0.3) is 17.0 Å². The first-order chi connectivity index (χ1) is 15.1. The Morgan fingerprint density at radius 1 is 1.00 bits per heavy atom. The third kappa shape index (κ3) is 3.90. The largest absolute Gasteiger partial charge is 0.366 e. The van der Waals surface area contributed by atoms with E-state index in [0.717, 1.165) is 49.1 Å². The number of aromatic nitrogens is 6. The van der Waals surface area contributed by atoms with Crippen LogP contribution in [0.2, 0.25) is 0 Å². The molecule has 0 bridgehead atoms. The molecule has 31 heavy (non-hydrogen) atoms. The number of halogens is 1. The molecule has 1 aromatic carbocycles. The van der Waals surface area contributed by atoms with E-state index in [9.17, 15) is 4.39 Å². The van der Waals surface area contributed by atoms with Gasteiger partial charge in [-0.1, -0.05) is 12.1 Å². The molecule has 9 heteroatoms. The van der Waals surface area contributed by atoms with Crippen molar-refractivity contribution in [2.24, 2.45) is 0 Å². The molecule has 0 amide bonds. The zero-order valence-corrected chi connectivity index (χ0v) is 17.5. The monoisotopic (exact) mass is 418 g/mol. The maximum absolute atomic E-state index is 14.2. The van der Waals surface area contributed by atoms with Gasteiger partial charge in [-0.05, 0) is 51.0 Å². The van der Waals surface area contributed by atoms with Crippen LogP contribution in [-0.4, -0.2) is 48.9 Å². The Bertz CT molecular complexity index is 1210. The predicted octanol–water partition coefficient (Wildman–Crippen LogP) is 3.42. The highest BCUT2D eigenvalue weighted by molar-refractivity contribution is 5.60. The van der Waals surface area contributed by atoms with E-state index in [4.69, 9.17) is 0 Å². The summed E-state index contributed by atoms with van der Waals surface area (Å²) < 4.78 is 15.8. The van der Waals surface area contributed by atoms with Gasteiger partial charge in [0.2, 0.25) is 0 Å². The van der Waals surface area contributed by atoms with E-state index in [1.165, 1.54) is 6.07 Å². The number of piperidine rings is 1. The zero-order chi connectivity index (χ0) is 21.4. The van der Waals surface area contributed by atoms with Gasteiger partial charge < -0.3 is 10.2 Å². The van der Waals surface area contributed by atoms with Gasteiger partial charge in [-0.15, -0.1) is 15.3 Å². The summed E-state index contributed by atoms with van der Waals surface area (Å²) in [7, 11) is 0. The fourth-order valence-corrected chi connectivity index (χ4v) is 4.00. The molecule has 4 heterocycles. The van der Waals surface area contributed by atoms with Crippen molar-refractivity contribution in [2.75, 3.05) is 23.3 Å². The Labute approximate surface area is 179 Å². The second-order valence-electron chi connectivity index (χ2n) is 7.81. The third-order valence-electron chi connectivity index (χ3n) is 5.50. The van der Waals surface area contributed by atoms with E-state index in [1.54, 1.807) is 22.7 Å². The van der Waals surface area contributed by atoms with Crippen LogP contribution in [0.4, 0.5) is 16.0 Å². The van der Waals surface area contributed by atoms with Crippen LogP contribution >= 0.6 is 0 Å². The lowest BCUT2D eigenvalue weighted by Gasteiger charge is -2.33. The minimum atomic E-state index is -0.348. The lowest BCUT2D eigenvalue weighted by Crippen LogP contribution is -2.39. The van der Waals surface area contributed by atoms with Crippen LogP contribution in [-0.2, 0) is 0 Å². The summed E-state index contributed by atoms with van der Waals surface area (Å²) in [6, 6.07) is 12.6. The first-order valence-corrected chi connectivity index (χ1v) is 10.4. The van der Waals surface area contributed by atoms with Crippen molar-refractivity contribution in [3.8, 4) is 11.4 Å². The van der Waals surface area contributed by atoms with Crippen molar-refractivity contribution in [1.82, 2.24) is 29.8 Å². The van der Waals surface area contributed by atoms with Gasteiger partial charge in [0, 0.05) is 30.9 Å². The van der Waals surface area contributed by atoms with Gasteiger partial charge >= 0.3 is 0 Å². The average Bonchev–Trinajstić information content (AvgIpc) is 3.17. The molecule has 1 aliphatic heterocycles. The number of hydrogen-bond donors (Lipinski definition) is 1. The van der Waals surface area contributed by atoms with E-state index in [0.29, 0.717) is 23.1 Å². The third-order valence-corrected chi connectivity index (χ3v) is 5.50. The van der Waals surface area contributed by atoms with E-state index in [2.05, 4.69) is 35.5 Å². The van der Waals surface area contributed by atoms with E-state index in [-0.39, 0.29) is 5.82 Å². The summed E-state index contributed by atoms with van der Waals surface area (Å²) in [6.07, 6.45) is 1.92. The van der Waals surface area contributed by atoms with Gasteiger partial charge in [-0.2, -0.15) is 4.52 Å². The Balaban J connectivity index is 1.31. The molecule has 4 aromatic rings. The maximum atomic E-state index is 14.2. The lowest BCUT2D eigenvalue weighted by atomic mass is 10.1. The van der Waals surface area contributed by atoms with Crippen LogP contribution in [0.5, 0.6) is 0 Å². The highest BCUT2D eigenvalue weighted by Gasteiger charge is 2.21. The van der Waals surface area contributed by atoms with Gasteiger partial charge in [0.15, 0.2) is 11.5 Å². The predicted molar refractivity (Wildman–Crippen MR) is 117 cm³/mol. The molecule has 0 radical (unpaired) electrons. The van der Waals surface area contributed by atoms with E-state index < -0.39 is 0 Å². The fraction of sp³-hybridized carbons (Fsp3) is 0.318. The molecule has 1 N–H and O–H groups in total. The quantitative estimate of drug-likeness (QED) is 0.544. The Morgan fingerprint density at radius 2 is 1.81 bits per heavy atom. The van der Waals surface area contributed by atoms with Crippen molar-refractivity contribution >= 4 is 17.3 Å². The molecule has 1 fully saturated rings. The van der Waals surface area contributed by atoms with Crippen LogP contribution in [0.15, 0.2) is 42.5 Å². The standard InChI is InChI=1S/C22H23FN8/c1-14-13-21(25-15(2)24-14)30-11-9-16(10-12-30)26-19-7-8-20-27-28-22(31(20)29-19)17-5-3-4-6-18(17)23/h3-8,13,16H,9-12H2,1-2H3,(H,26,29). The molecule has 0 saturated carbocycles. The Morgan fingerprint density at radius 3 is 2.58 bits per heavy atom. The molecule has 5 rings (SSSR count). The van der Waals surface area contributed by atoms with Crippen molar-refractivity contribution in [3.05, 3.63) is 59.8 Å². The molecule has 0 spiro atoms. The van der Waals surface area contributed by atoms with Gasteiger partial charge in [-0.25, -0.2) is 14.4 Å². The molecule has 158 valence electrons. The average molecular weight is 418 g/mol. The minimum absolute atomic E-state index is 0.290. The second kappa shape index (κ2) is 7.90. The minimum Gasteiger partial charge on any atom is -0.366 e. The molecule has 1 aliphatic rings. The second-order valence-corrected chi connectivity index (χ2v) is 7.81. The summed E-state index contributed by atoms with van der Waals surface area (Å²) in [4.78, 5) is 11.2. The molecule has 1 saturated heterocycles. The van der Waals surface area contributed by atoms with Crippen molar-refractivity contribution in [2.45, 2.75) is 32.7 Å². The Kier molecular flexibility index (Phi) is 4.93. The van der Waals surface area contributed by atoms with Gasteiger partial charge in [-0.3, -0.25) is 0 Å². The van der Waals surface area contributed by atoms with Gasteiger partial charge in [0.25, 0.3) is 0 Å². The van der Waals surface area contributed by atoms with Crippen LogP contribution in [0.1, 0.15) is 24.4 Å². The topological polar surface area (TPSA) is 84.1 Å². The van der Waals surface area contributed by atoms with Crippen molar-refractivity contribution < 1.29 is 4.39 Å². The highest BCUT2D eigenvalue weighted by Crippen LogP contribution is 2.23. The summed E-state index contributed by atoms with van der Waals surface area (Å²) in [5, 5.41) is 16.4. The van der Waals surface area contributed by atoms with Crippen LogP contribution in [0, 0.1) is 19.7 Å². The smallest absolute Gasteiger partial charge is 0.188 e. The summed E-state index contributed by atoms with van der Waals surface area (Å²) in [5.74, 6) is 2.55. The Hall–Kier alpha value is -3.62. The number of fused-ring (bicyclic) bond motifs is 1. The molecule has 0 atom stereocenters. The number of rotatable bonds is 4. The molecule has 3 aromatic heterocycles. The summed E-state index contributed by atoms with van der Waals surface area (Å²) >= 11 is 0. The number of nitrogens with zero attached hydrogens (tertiary/aromatic N) is 7. The number of anilines is 2. The van der Waals surface area contributed by atoms with Gasteiger partial charge in [0.1, 0.15) is 23.3 Å². The van der Waals surface area contributed by atoms with Crippen LogP contribution < -0.4 is 10.2 Å². The SMILES string of the molecule is Cc1cc(N2CCC(Nc3ccc4nnc(-c5ccccc5F)n4n3)CC2)nc(C)n1. The summed E-state index contributed by atoms with van der Waals surface area (Å²) in [5.41, 5.74) is 1.94. The normalized spacial score (nSPS) is 14.9. The highest BCUT2D eigenvalue weighted by atomic mass is 19.1. The molecular formula is C22H23FN8.